The molecule has 0 aromatic heterocycles. The molecular formula is C13H14N2O2S. The summed E-state index contributed by atoms with van der Waals surface area (Å²) in [6.07, 6.45) is 0. The Morgan fingerprint density at radius 3 is 1.28 bits per heavy atom. The Balaban J connectivity index is 0.000000492. The molecule has 0 aliphatic carbocycles. The maximum absolute atomic E-state index is 8.29. The molecular weight excluding hydrogens is 248 g/mol. The van der Waals surface area contributed by atoms with Gasteiger partial charge < -0.3 is 11.5 Å². The van der Waals surface area contributed by atoms with Gasteiger partial charge >= 0.3 is 11.6 Å². The highest BCUT2D eigenvalue weighted by molar-refractivity contribution is 7.51. The van der Waals surface area contributed by atoms with Gasteiger partial charge in [0.25, 0.3) is 0 Å². The second kappa shape index (κ2) is 6.80. The zero-order valence-corrected chi connectivity index (χ0v) is 10.5. The van der Waals surface area contributed by atoms with Gasteiger partial charge in [0, 0.05) is 0 Å². The minimum Gasteiger partial charge on any atom is -0.306 e. The number of nitrogens with two attached hydrogens (primary N) is 2. The third kappa shape index (κ3) is 3.59. The van der Waals surface area contributed by atoms with E-state index in [2.05, 4.69) is 0 Å². The smallest absolute Gasteiger partial charge is 0.306 e. The summed E-state index contributed by atoms with van der Waals surface area (Å²) in [4.78, 5) is 0. The van der Waals surface area contributed by atoms with E-state index in [1.807, 2.05) is 60.7 Å². The molecule has 94 valence electrons. The minimum absolute atomic E-state index is 0.750. The normalized spacial score (nSPS) is 10.1. The first-order valence-electron chi connectivity index (χ1n) is 5.23. The van der Waals surface area contributed by atoms with Crippen LogP contribution in [0.25, 0.3) is 0 Å². The molecule has 0 unspecified atom stereocenters. The SMILES string of the molecule is NC(N)(c1ccccc1)c1ccccc1.O=S=O. The summed E-state index contributed by atoms with van der Waals surface area (Å²) in [6, 6.07) is 19.4. The molecule has 2 rings (SSSR count). The van der Waals surface area contributed by atoms with Gasteiger partial charge in [-0.1, -0.05) is 60.7 Å². The van der Waals surface area contributed by atoms with Crippen LogP contribution in [0.2, 0.25) is 0 Å². The van der Waals surface area contributed by atoms with Crippen LogP contribution in [0.3, 0.4) is 0 Å². The Kier molecular flexibility index (Phi) is 5.38. The van der Waals surface area contributed by atoms with Crippen LogP contribution in [-0.4, -0.2) is 8.42 Å². The second-order valence-electron chi connectivity index (χ2n) is 3.67. The standard InChI is InChI=1S/C13H14N2.O2S/c14-13(15,11-7-3-1-4-8-11)12-9-5-2-6-10-12;1-3-2/h1-10H,14-15H2;. The fourth-order valence-corrected chi connectivity index (χ4v) is 1.59. The summed E-state index contributed by atoms with van der Waals surface area (Å²) in [7, 11) is 0. The molecule has 0 fully saturated rings. The Morgan fingerprint density at radius 1 is 0.722 bits per heavy atom. The minimum atomic E-state index is -0.914. The van der Waals surface area contributed by atoms with Crippen LogP contribution in [-0.2, 0) is 17.2 Å². The molecule has 0 saturated carbocycles. The molecule has 0 amide bonds. The maximum Gasteiger partial charge on any atom is 0.335 e. The van der Waals surface area contributed by atoms with E-state index in [1.54, 1.807) is 0 Å². The molecule has 4 N–H and O–H groups in total. The van der Waals surface area contributed by atoms with E-state index < -0.39 is 17.2 Å². The highest BCUT2D eigenvalue weighted by Crippen LogP contribution is 2.20. The van der Waals surface area contributed by atoms with Crippen molar-refractivity contribution < 1.29 is 8.42 Å². The van der Waals surface area contributed by atoms with Crippen molar-refractivity contribution in [3.05, 3.63) is 71.8 Å². The summed E-state index contributed by atoms with van der Waals surface area (Å²) >= 11 is -0.750. The average molecular weight is 262 g/mol. The zero-order chi connectivity index (χ0) is 13.4. The van der Waals surface area contributed by atoms with Crippen LogP contribution in [0.4, 0.5) is 0 Å². The first kappa shape index (κ1) is 14.2. The zero-order valence-electron chi connectivity index (χ0n) is 9.65. The van der Waals surface area contributed by atoms with E-state index in [0.717, 1.165) is 11.1 Å². The predicted octanol–water partition coefficient (Wildman–Crippen LogP) is 1.13. The van der Waals surface area contributed by atoms with Gasteiger partial charge in [0.2, 0.25) is 0 Å². The molecule has 0 atom stereocenters. The molecule has 5 heteroatoms. The Morgan fingerprint density at radius 2 is 1.00 bits per heavy atom. The maximum atomic E-state index is 8.29. The molecule has 0 aliphatic heterocycles. The lowest BCUT2D eigenvalue weighted by Gasteiger charge is -2.25. The van der Waals surface area contributed by atoms with Gasteiger partial charge in [0.1, 0.15) is 5.66 Å². The van der Waals surface area contributed by atoms with E-state index in [1.165, 1.54) is 0 Å². The van der Waals surface area contributed by atoms with Crippen molar-refractivity contribution >= 4 is 11.6 Å². The number of rotatable bonds is 2. The van der Waals surface area contributed by atoms with Crippen LogP contribution in [0.1, 0.15) is 11.1 Å². The van der Waals surface area contributed by atoms with Crippen LogP contribution in [0.15, 0.2) is 60.7 Å². The van der Waals surface area contributed by atoms with Gasteiger partial charge in [-0.25, -0.2) is 0 Å². The summed E-state index contributed by atoms with van der Waals surface area (Å²) in [5, 5.41) is 0. The molecule has 0 heterocycles. The van der Waals surface area contributed by atoms with E-state index in [-0.39, 0.29) is 0 Å². The van der Waals surface area contributed by atoms with E-state index in [0.29, 0.717) is 0 Å². The van der Waals surface area contributed by atoms with Crippen molar-refractivity contribution in [3.8, 4) is 0 Å². The van der Waals surface area contributed by atoms with E-state index in [4.69, 9.17) is 19.9 Å². The van der Waals surface area contributed by atoms with Crippen molar-refractivity contribution in [2.75, 3.05) is 0 Å². The first-order valence-corrected chi connectivity index (χ1v) is 5.90. The van der Waals surface area contributed by atoms with Crippen LogP contribution in [0, 0.1) is 0 Å². The molecule has 2 aromatic rings. The highest BCUT2D eigenvalue weighted by Gasteiger charge is 2.23. The van der Waals surface area contributed by atoms with Crippen molar-refractivity contribution in [2.24, 2.45) is 11.5 Å². The van der Waals surface area contributed by atoms with Gasteiger partial charge in [0.05, 0.1) is 0 Å². The van der Waals surface area contributed by atoms with Crippen LogP contribution < -0.4 is 11.5 Å². The number of hydrogen-bond donors (Lipinski definition) is 2. The summed E-state index contributed by atoms with van der Waals surface area (Å²) in [6.45, 7) is 0. The molecule has 2 aromatic carbocycles. The number of hydrogen-bond acceptors (Lipinski definition) is 4. The molecule has 0 radical (unpaired) electrons. The summed E-state index contributed by atoms with van der Waals surface area (Å²) in [5.74, 6) is 0. The second-order valence-corrected chi connectivity index (χ2v) is 3.81. The van der Waals surface area contributed by atoms with E-state index in [9.17, 15) is 0 Å². The van der Waals surface area contributed by atoms with Crippen molar-refractivity contribution in [3.63, 3.8) is 0 Å². The van der Waals surface area contributed by atoms with Gasteiger partial charge in [-0.3, -0.25) is 0 Å². The lowest BCUT2D eigenvalue weighted by molar-refractivity contribution is 0.567. The van der Waals surface area contributed by atoms with Gasteiger partial charge in [-0.15, -0.1) is 0 Å². The lowest BCUT2D eigenvalue weighted by Crippen LogP contribution is -2.46. The Bertz CT molecular complexity index is 468. The predicted molar refractivity (Wildman–Crippen MR) is 71.0 cm³/mol. The fourth-order valence-electron chi connectivity index (χ4n) is 1.59. The number of benzene rings is 2. The molecule has 0 aliphatic rings. The highest BCUT2D eigenvalue weighted by atomic mass is 32.1. The summed E-state index contributed by atoms with van der Waals surface area (Å²) < 4.78 is 16.6. The average Bonchev–Trinajstić information content (AvgIpc) is 2.42. The van der Waals surface area contributed by atoms with Crippen molar-refractivity contribution in [1.29, 1.82) is 0 Å². The molecule has 0 saturated heterocycles. The van der Waals surface area contributed by atoms with Crippen molar-refractivity contribution in [1.82, 2.24) is 0 Å². The van der Waals surface area contributed by atoms with Crippen LogP contribution in [0.5, 0.6) is 0 Å². The fraction of sp³-hybridized carbons (Fsp3) is 0.0769. The van der Waals surface area contributed by atoms with Gasteiger partial charge in [0.15, 0.2) is 0 Å². The summed E-state index contributed by atoms with van der Waals surface area (Å²) in [5.41, 5.74) is 13.2. The third-order valence-electron chi connectivity index (χ3n) is 2.50. The molecule has 4 nitrogen and oxygen atoms in total. The molecule has 0 bridgehead atoms. The lowest BCUT2D eigenvalue weighted by atomic mass is 9.93. The Labute approximate surface area is 109 Å². The van der Waals surface area contributed by atoms with Crippen molar-refractivity contribution in [2.45, 2.75) is 5.66 Å². The van der Waals surface area contributed by atoms with Crippen LogP contribution >= 0.6 is 0 Å². The largest absolute Gasteiger partial charge is 0.335 e. The topological polar surface area (TPSA) is 86.2 Å². The third-order valence-corrected chi connectivity index (χ3v) is 2.50. The molecule has 0 spiro atoms. The van der Waals surface area contributed by atoms with E-state index >= 15 is 0 Å². The van der Waals surface area contributed by atoms with Gasteiger partial charge in [-0.05, 0) is 11.1 Å². The monoisotopic (exact) mass is 262 g/mol. The quantitative estimate of drug-likeness (QED) is 0.794. The Hall–Kier alpha value is -1.82. The van der Waals surface area contributed by atoms with Gasteiger partial charge in [-0.2, -0.15) is 8.42 Å². The first-order chi connectivity index (χ1) is 8.62. The molecule has 18 heavy (non-hydrogen) atoms.